The first-order valence-electron chi connectivity index (χ1n) is 4.96. The van der Waals surface area contributed by atoms with Crippen LogP contribution >= 0.6 is 0 Å². The van der Waals surface area contributed by atoms with Gasteiger partial charge in [-0.1, -0.05) is 5.16 Å². The number of hydrogen-bond donors (Lipinski definition) is 0. The zero-order chi connectivity index (χ0) is 13.1. The normalized spacial score (nSPS) is 10.4. The molecule has 7 heteroatoms. The summed E-state index contributed by atoms with van der Waals surface area (Å²) >= 11 is 0. The lowest BCUT2D eigenvalue weighted by atomic mass is 10.2. The van der Waals surface area contributed by atoms with Crippen molar-refractivity contribution in [1.82, 2.24) is 10.1 Å². The van der Waals surface area contributed by atoms with E-state index in [1.165, 1.54) is 0 Å². The van der Waals surface area contributed by atoms with Crippen molar-refractivity contribution in [1.29, 1.82) is 0 Å². The molecule has 5 nitrogen and oxygen atoms in total. The minimum absolute atomic E-state index is 0.104. The number of carbonyl (C=O) groups excluding carboxylic acids is 1. The smallest absolute Gasteiger partial charge is 0.223 e. The second-order valence-corrected chi connectivity index (χ2v) is 3.45. The average molecular weight is 254 g/mol. The van der Waals surface area contributed by atoms with Gasteiger partial charge < -0.3 is 9.26 Å². The lowest BCUT2D eigenvalue weighted by Gasteiger charge is -2.06. The van der Waals surface area contributed by atoms with Gasteiger partial charge in [-0.25, -0.2) is 8.78 Å². The van der Waals surface area contributed by atoms with Gasteiger partial charge in [0.2, 0.25) is 11.7 Å². The van der Waals surface area contributed by atoms with Gasteiger partial charge in [0.05, 0.1) is 0 Å². The Bertz CT molecular complexity index is 560. The highest BCUT2D eigenvalue weighted by Gasteiger charge is 2.14. The van der Waals surface area contributed by atoms with Crippen molar-refractivity contribution in [3.8, 4) is 5.75 Å². The number of rotatable bonds is 4. The summed E-state index contributed by atoms with van der Waals surface area (Å²) in [6.45, 7) is 1.35. The standard InChI is InChI=1S/C11H8F2N2O3/c1-6-14-10(15-18-6)5-17-11-8(12)2-7(4-16)3-9(11)13/h2-4H,5H2,1H3. The number of aryl methyl sites for hydroxylation is 1. The largest absolute Gasteiger partial charge is 0.479 e. The summed E-state index contributed by atoms with van der Waals surface area (Å²) in [5, 5.41) is 3.51. The van der Waals surface area contributed by atoms with Crippen molar-refractivity contribution >= 4 is 6.29 Å². The molecule has 0 atom stereocenters. The number of carbonyl (C=O) groups is 1. The Labute approximate surface area is 100 Å². The van der Waals surface area contributed by atoms with Crippen LogP contribution in [0.5, 0.6) is 5.75 Å². The molecule has 18 heavy (non-hydrogen) atoms. The van der Waals surface area contributed by atoms with E-state index in [0.29, 0.717) is 12.2 Å². The molecule has 0 N–H and O–H groups in total. The maximum absolute atomic E-state index is 13.4. The van der Waals surface area contributed by atoms with Crippen LogP contribution in [0.2, 0.25) is 0 Å². The number of hydrogen-bond acceptors (Lipinski definition) is 5. The lowest BCUT2D eigenvalue weighted by molar-refractivity contribution is 0.112. The van der Waals surface area contributed by atoms with Crippen molar-refractivity contribution in [3.63, 3.8) is 0 Å². The molecule has 1 aromatic heterocycles. The van der Waals surface area contributed by atoms with Crippen LogP contribution in [0.1, 0.15) is 22.1 Å². The van der Waals surface area contributed by atoms with Gasteiger partial charge in [-0.05, 0) is 12.1 Å². The second kappa shape index (κ2) is 4.91. The Balaban J connectivity index is 2.16. The van der Waals surface area contributed by atoms with Crippen molar-refractivity contribution in [2.75, 3.05) is 0 Å². The second-order valence-electron chi connectivity index (χ2n) is 3.45. The Hall–Kier alpha value is -2.31. The highest BCUT2D eigenvalue weighted by molar-refractivity contribution is 5.75. The van der Waals surface area contributed by atoms with E-state index in [4.69, 9.17) is 4.74 Å². The Morgan fingerprint density at radius 2 is 2.06 bits per heavy atom. The molecule has 0 bridgehead atoms. The zero-order valence-corrected chi connectivity index (χ0v) is 9.31. The number of benzene rings is 1. The first-order chi connectivity index (χ1) is 8.60. The summed E-state index contributed by atoms with van der Waals surface area (Å²) < 4.78 is 36.4. The number of aromatic nitrogens is 2. The van der Waals surface area contributed by atoms with Gasteiger partial charge in [0.15, 0.2) is 24.0 Å². The quantitative estimate of drug-likeness (QED) is 0.781. The van der Waals surface area contributed by atoms with Crippen LogP contribution in [0.3, 0.4) is 0 Å². The SMILES string of the molecule is Cc1nc(COc2c(F)cc(C=O)cc2F)no1. The molecule has 0 saturated heterocycles. The van der Waals surface area contributed by atoms with Crippen LogP contribution in [0.15, 0.2) is 16.7 Å². The fourth-order valence-electron chi connectivity index (χ4n) is 1.32. The van der Waals surface area contributed by atoms with Crippen molar-refractivity contribution < 1.29 is 22.8 Å². The molecule has 1 heterocycles. The summed E-state index contributed by atoms with van der Waals surface area (Å²) in [6.07, 6.45) is 0.346. The van der Waals surface area contributed by atoms with Crippen molar-refractivity contribution in [2.45, 2.75) is 13.5 Å². The molecule has 0 amide bonds. The Kier molecular flexibility index (Phi) is 3.31. The minimum Gasteiger partial charge on any atom is -0.479 e. The number of halogens is 2. The van der Waals surface area contributed by atoms with E-state index in [9.17, 15) is 13.6 Å². The zero-order valence-electron chi connectivity index (χ0n) is 9.31. The fraction of sp³-hybridized carbons (Fsp3) is 0.182. The summed E-state index contributed by atoms with van der Waals surface area (Å²) in [7, 11) is 0. The topological polar surface area (TPSA) is 65.2 Å². The van der Waals surface area contributed by atoms with Crippen LogP contribution in [0, 0.1) is 18.6 Å². The fourth-order valence-corrected chi connectivity index (χ4v) is 1.32. The number of ether oxygens (including phenoxy) is 1. The van der Waals surface area contributed by atoms with E-state index in [1.807, 2.05) is 0 Å². The van der Waals surface area contributed by atoms with Crippen LogP contribution in [0.25, 0.3) is 0 Å². The summed E-state index contributed by atoms with van der Waals surface area (Å²) in [6, 6.07) is 1.76. The van der Waals surface area contributed by atoms with Crippen LogP contribution in [0.4, 0.5) is 8.78 Å². The molecule has 2 aromatic rings. The van der Waals surface area contributed by atoms with E-state index >= 15 is 0 Å². The molecule has 0 saturated carbocycles. The van der Waals surface area contributed by atoms with E-state index in [0.717, 1.165) is 12.1 Å². The lowest BCUT2D eigenvalue weighted by Crippen LogP contribution is -2.02. The number of aldehydes is 1. The van der Waals surface area contributed by atoms with Crippen LogP contribution < -0.4 is 4.74 Å². The maximum atomic E-state index is 13.4. The Morgan fingerprint density at radius 3 is 2.56 bits per heavy atom. The molecule has 0 aliphatic heterocycles. The molecule has 94 valence electrons. The predicted molar refractivity (Wildman–Crippen MR) is 55.1 cm³/mol. The van der Waals surface area contributed by atoms with Gasteiger partial charge in [0, 0.05) is 12.5 Å². The molecular weight excluding hydrogens is 246 g/mol. The predicted octanol–water partition coefficient (Wildman–Crippen LogP) is 2.05. The molecule has 0 unspecified atom stereocenters. The molecular formula is C11H8F2N2O3. The van der Waals surface area contributed by atoms with Gasteiger partial charge in [-0.3, -0.25) is 4.79 Å². The average Bonchev–Trinajstić information content (AvgIpc) is 2.73. The first kappa shape index (κ1) is 12.2. The number of nitrogens with zero attached hydrogens (tertiary/aromatic N) is 2. The van der Waals surface area contributed by atoms with Crippen LogP contribution in [-0.2, 0) is 6.61 Å². The van der Waals surface area contributed by atoms with Gasteiger partial charge in [-0.15, -0.1) is 0 Å². The molecule has 0 aliphatic rings. The summed E-state index contributed by atoms with van der Waals surface area (Å²) in [5.74, 6) is -2.01. The van der Waals surface area contributed by atoms with E-state index < -0.39 is 17.4 Å². The van der Waals surface area contributed by atoms with E-state index in [1.54, 1.807) is 6.92 Å². The van der Waals surface area contributed by atoms with Gasteiger partial charge >= 0.3 is 0 Å². The van der Waals surface area contributed by atoms with E-state index in [-0.39, 0.29) is 18.0 Å². The van der Waals surface area contributed by atoms with Gasteiger partial charge in [0.1, 0.15) is 6.29 Å². The van der Waals surface area contributed by atoms with Gasteiger partial charge in [-0.2, -0.15) is 4.98 Å². The third kappa shape index (κ3) is 2.50. The maximum Gasteiger partial charge on any atom is 0.223 e. The molecule has 0 fully saturated rings. The molecule has 0 aliphatic carbocycles. The molecule has 1 aromatic carbocycles. The summed E-state index contributed by atoms with van der Waals surface area (Å²) in [5.41, 5.74) is -0.104. The minimum atomic E-state index is -0.961. The van der Waals surface area contributed by atoms with Crippen molar-refractivity contribution in [2.24, 2.45) is 0 Å². The molecule has 2 rings (SSSR count). The monoisotopic (exact) mass is 254 g/mol. The third-order valence-electron chi connectivity index (χ3n) is 2.07. The third-order valence-corrected chi connectivity index (χ3v) is 2.07. The van der Waals surface area contributed by atoms with E-state index in [2.05, 4.69) is 14.7 Å². The summed E-state index contributed by atoms with van der Waals surface area (Å²) in [4.78, 5) is 14.2. The first-order valence-corrected chi connectivity index (χ1v) is 4.96. The Morgan fingerprint density at radius 1 is 1.39 bits per heavy atom. The van der Waals surface area contributed by atoms with Crippen molar-refractivity contribution in [3.05, 3.63) is 41.0 Å². The molecule has 0 radical (unpaired) electrons. The highest BCUT2D eigenvalue weighted by Crippen LogP contribution is 2.23. The molecule has 0 spiro atoms. The van der Waals surface area contributed by atoms with Crippen LogP contribution in [-0.4, -0.2) is 16.4 Å². The highest BCUT2D eigenvalue weighted by atomic mass is 19.1. The van der Waals surface area contributed by atoms with Gasteiger partial charge in [0.25, 0.3) is 0 Å².